The van der Waals surface area contributed by atoms with E-state index in [1.54, 1.807) is 11.3 Å². The van der Waals surface area contributed by atoms with Gasteiger partial charge in [0, 0.05) is 29.3 Å². The standard InChI is InChI=1S/C15H19N3OS/c1-9(2)14-17-12-4-3-10(7-13(12)18-14)15(19)16-11-5-6-20-8-11/h5-6,8-10H,3-4,7H2,1-2H3,(H,16,19)(H,17,18). The van der Waals surface area contributed by atoms with Crippen LogP contribution in [0.3, 0.4) is 0 Å². The lowest BCUT2D eigenvalue weighted by molar-refractivity contribution is -0.120. The van der Waals surface area contributed by atoms with Gasteiger partial charge in [0.15, 0.2) is 0 Å². The number of thiophene rings is 1. The van der Waals surface area contributed by atoms with Gasteiger partial charge in [0.1, 0.15) is 5.82 Å². The zero-order chi connectivity index (χ0) is 14.1. The average molecular weight is 289 g/mol. The van der Waals surface area contributed by atoms with Gasteiger partial charge in [0.05, 0.1) is 11.4 Å². The molecule has 1 unspecified atom stereocenters. The van der Waals surface area contributed by atoms with Crippen molar-refractivity contribution in [2.45, 2.75) is 39.0 Å². The minimum absolute atomic E-state index is 0.0443. The van der Waals surface area contributed by atoms with Crippen molar-refractivity contribution < 1.29 is 4.79 Å². The molecule has 1 aliphatic rings. The molecule has 0 saturated heterocycles. The number of anilines is 1. The van der Waals surface area contributed by atoms with E-state index in [1.807, 2.05) is 16.8 Å². The summed E-state index contributed by atoms with van der Waals surface area (Å²) in [6, 6.07) is 1.93. The Balaban J connectivity index is 1.70. The third-order valence-electron chi connectivity index (χ3n) is 3.77. The average Bonchev–Trinajstić information content (AvgIpc) is 3.05. The van der Waals surface area contributed by atoms with E-state index >= 15 is 0 Å². The van der Waals surface area contributed by atoms with Gasteiger partial charge in [-0.1, -0.05) is 13.8 Å². The lowest BCUT2D eigenvalue weighted by Gasteiger charge is -2.20. The molecule has 0 spiro atoms. The second-order valence-electron chi connectivity index (χ2n) is 5.64. The maximum absolute atomic E-state index is 12.3. The quantitative estimate of drug-likeness (QED) is 0.910. The van der Waals surface area contributed by atoms with Crippen molar-refractivity contribution >= 4 is 22.9 Å². The van der Waals surface area contributed by atoms with Crippen LogP contribution in [0, 0.1) is 5.92 Å². The summed E-state index contributed by atoms with van der Waals surface area (Å²) in [5, 5.41) is 6.92. The fourth-order valence-corrected chi connectivity index (χ4v) is 3.17. The van der Waals surface area contributed by atoms with Crippen LogP contribution in [0.15, 0.2) is 16.8 Å². The molecule has 0 radical (unpaired) electrons. The Labute approximate surface area is 122 Å². The molecule has 0 fully saturated rings. The molecule has 3 rings (SSSR count). The van der Waals surface area contributed by atoms with Gasteiger partial charge in [-0.2, -0.15) is 11.3 Å². The Morgan fingerprint density at radius 3 is 3.10 bits per heavy atom. The number of carbonyl (C=O) groups excluding carboxylic acids is 1. The molecule has 20 heavy (non-hydrogen) atoms. The number of nitrogens with one attached hydrogen (secondary N) is 2. The minimum atomic E-state index is 0.0443. The van der Waals surface area contributed by atoms with Crippen LogP contribution in [0.1, 0.15) is 43.4 Å². The third kappa shape index (κ3) is 2.63. The number of hydrogen-bond donors (Lipinski definition) is 2. The molecule has 0 aliphatic heterocycles. The van der Waals surface area contributed by atoms with Gasteiger partial charge in [-0.3, -0.25) is 4.79 Å². The molecule has 0 aromatic carbocycles. The second kappa shape index (κ2) is 5.40. The smallest absolute Gasteiger partial charge is 0.227 e. The number of nitrogens with zero attached hydrogens (tertiary/aromatic N) is 1. The van der Waals surface area contributed by atoms with Crippen molar-refractivity contribution in [1.82, 2.24) is 9.97 Å². The van der Waals surface area contributed by atoms with Gasteiger partial charge in [-0.25, -0.2) is 4.98 Å². The van der Waals surface area contributed by atoms with Crippen LogP contribution >= 0.6 is 11.3 Å². The first kappa shape index (κ1) is 13.4. The molecule has 2 aromatic heterocycles. The fraction of sp³-hybridized carbons (Fsp3) is 0.467. The van der Waals surface area contributed by atoms with Crippen molar-refractivity contribution in [2.75, 3.05) is 5.32 Å². The molecule has 1 atom stereocenters. The number of imidazole rings is 1. The molecular formula is C15H19N3OS. The molecular weight excluding hydrogens is 270 g/mol. The van der Waals surface area contributed by atoms with Gasteiger partial charge in [-0.15, -0.1) is 0 Å². The van der Waals surface area contributed by atoms with Gasteiger partial charge >= 0.3 is 0 Å². The van der Waals surface area contributed by atoms with E-state index in [0.29, 0.717) is 5.92 Å². The Morgan fingerprint density at radius 2 is 2.40 bits per heavy atom. The van der Waals surface area contributed by atoms with Crippen LogP contribution in [0.2, 0.25) is 0 Å². The summed E-state index contributed by atoms with van der Waals surface area (Å²) in [6.45, 7) is 4.26. The minimum Gasteiger partial charge on any atom is -0.345 e. The summed E-state index contributed by atoms with van der Waals surface area (Å²) in [4.78, 5) is 20.3. The van der Waals surface area contributed by atoms with Gasteiger partial charge in [-0.05, 0) is 24.3 Å². The van der Waals surface area contributed by atoms with Crippen molar-refractivity contribution in [3.8, 4) is 0 Å². The maximum atomic E-state index is 12.3. The summed E-state index contributed by atoms with van der Waals surface area (Å²) in [5.74, 6) is 1.60. The predicted octanol–water partition coefficient (Wildman–Crippen LogP) is 3.34. The van der Waals surface area contributed by atoms with Gasteiger partial charge in [0.25, 0.3) is 0 Å². The van der Waals surface area contributed by atoms with Crippen LogP contribution in [-0.2, 0) is 17.6 Å². The fourth-order valence-electron chi connectivity index (χ4n) is 2.58. The number of rotatable bonds is 3. The number of aryl methyl sites for hydroxylation is 1. The zero-order valence-electron chi connectivity index (χ0n) is 11.8. The van der Waals surface area contributed by atoms with Crippen LogP contribution in [0.5, 0.6) is 0 Å². The van der Waals surface area contributed by atoms with Crippen molar-refractivity contribution in [1.29, 1.82) is 0 Å². The van der Waals surface area contributed by atoms with Crippen molar-refractivity contribution in [2.24, 2.45) is 5.92 Å². The lowest BCUT2D eigenvalue weighted by Crippen LogP contribution is -2.28. The third-order valence-corrected chi connectivity index (χ3v) is 4.45. The number of aromatic nitrogens is 2. The van der Waals surface area contributed by atoms with E-state index in [9.17, 15) is 4.79 Å². The van der Waals surface area contributed by atoms with Crippen LogP contribution < -0.4 is 5.32 Å². The van der Waals surface area contributed by atoms with Crippen molar-refractivity contribution in [3.63, 3.8) is 0 Å². The predicted molar refractivity (Wildman–Crippen MR) is 81.1 cm³/mol. The topological polar surface area (TPSA) is 57.8 Å². The highest BCUT2D eigenvalue weighted by Crippen LogP contribution is 2.27. The number of amides is 1. The van der Waals surface area contributed by atoms with Crippen LogP contribution in [0.4, 0.5) is 5.69 Å². The number of fused-ring (bicyclic) bond motifs is 1. The largest absolute Gasteiger partial charge is 0.345 e. The molecule has 5 heteroatoms. The number of H-pyrrole nitrogens is 1. The molecule has 2 aromatic rings. The molecule has 1 amide bonds. The summed E-state index contributed by atoms with van der Waals surface area (Å²) < 4.78 is 0. The molecule has 0 bridgehead atoms. The Kier molecular flexibility index (Phi) is 3.61. The van der Waals surface area contributed by atoms with Crippen molar-refractivity contribution in [3.05, 3.63) is 34.0 Å². The van der Waals surface area contributed by atoms with Gasteiger partial charge < -0.3 is 10.3 Å². The molecule has 2 N–H and O–H groups in total. The first-order valence-electron chi connectivity index (χ1n) is 7.04. The summed E-state index contributed by atoms with van der Waals surface area (Å²) in [6.07, 6.45) is 2.54. The Bertz CT molecular complexity index is 601. The SMILES string of the molecule is CC(C)c1nc2c([nH]1)CC(C(=O)Nc1ccsc1)CC2. The van der Waals surface area contributed by atoms with Crippen LogP contribution in [-0.4, -0.2) is 15.9 Å². The van der Waals surface area contributed by atoms with Gasteiger partial charge in [0.2, 0.25) is 5.91 Å². The van der Waals surface area contributed by atoms with E-state index < -0.39 is 0 Å². The monoisotopic (exact) mass is 289 g/mol. The number of aromatic amines is 1. The zero-order valence-corrected chi connectivity index (χ0v) is 12.6. The molecule has 2 heterocycles. The number of hydrogen-bond acceptors (Lipinski definition) is 3. The maximum Gasteiger partial charge on any atom is 0.227 e. The van der Waals surface area contributed by atoms with E-state index in [4.69, 9.17) is 0 Å². The first-order chi connectivity index (χ1) is 9.63. The number of carbonyl (C=O) groups is 1. The second-order valence-corrected chi connectivity index (χ2v) is 6.42. The summed E-state index contributed by atoms with van der Waals surface area (Å²) in [5.41, 5.74) is 3.19. The Morgan fingerprint density at radius 1 is 1.55 bits per heavy atom. The highest BCUT2D eigenvalue weighted by Gasteiger charge is 2.27. The molecule has 0 saturated carbocycles. The summed E-state index contributed by atoms with van der Waals surface area (Å²) in [7, 11) is 0. The van der Waals surface area contributed by atoms with E-state index in [0.717, 1.165) is 42.2 Å². The molecule has 1 aliphatic carbocycles. The highest BCUT2D eigenvalue weighted by atomic mass is 32.1. The van der Waals surface area contributed by atoms with E-state index in [1.165, 1.54) is 0 Å². The van der Waals surface area contributed by atoms with E-state index in [2.05, 4.69) is 29.1 Å². The summed E-state index contributed by atoms with van der Waals surface area (Å²) >= 11 is 1.59. The van der Waals surface area contributed by atoms with Crippen LogP contribution in [0.25, 0.3) is 0 Å². The first-order valence-corrected chi connectivity index (χ1v) is 7.98. The normalized spacial score (nSPS) is 18.1. The molecule has 106 valence electrons. The molecule has 4 nitrogen and oxygen atoms in total. The highest BCUT2D eigenvalue weighted by molar-refractivity contribution is 7.08. The van der Waals surface area contributed by atoms with E-state index in [-0.39, 0.29) is 11.8 Å². The lowest BCUT2D eigenvalue weighted by atomic mass is 9.89. The Hall–Kier alpha value is -1.62.